The summed E-state index contributed by atoms with van der Waals surface area (Å²) in [5, 5.41) is 9.60. The Morgan fingerprint density at radius 1 is 1.40 bits per heavy atom. The lowest BCUT2D eigenvalue weighted by Gasteiger charge is -2.41. The van der Waals surface area contributed by atoms with Gasteiger partial charge in [0.25, 0.3) is 0 Å². The van der Waals surface area contributed by atoms with Crippen LogP contribution in [0.3, 0.4) is 0 Å². The van der Waals surface area contributed by atoms with Crippen molar-refractivity contribution in [3.05, 3.63) is 47.3 Å². The maximum absolute atomic E-state index is 12.1. The highest BCUT2D eigenvalue weighted by Crippen LogP contribution is 2.33. The summed E-state index contributed by atoms with van der Waals surface area (Å²) in [7, 11) is 1.72. The molecule has 1 aliphatic rings. The molecule has 0 aliphatic carbocycles. The number of methoxy groups -OCH3 is 1. The minimum absolute atomic E-state index is 0.164. The molecule has 1 heterocycles. The first-order valence-corrected chi connectivity index (χ1v) is 8.49. The average molecular weight is 343 g/mol. The number of ether oxygens (including phenoxy) is 1. The summed E-state index contributed by atoms with van der Waals surface area (Å²) in [4.78, 5) is 14.2. The number of carbonyl (C=O) groups excluding carboxylic acids is 1. The van der Waals surface area contributed by atoms with Crippen LogP contribution in [0.2, 0.25) is 0 Å². The number of nitriles is 1. The van der Waals surface area contributed by atoms with Gasteiger partial charge in [-0.25, -0.2) is 0 Å². The number of allylic oxidation sites excluding steroid dienone is 4. The summed E-state index contributed by atoms with van der Waals surface area (Å²) in [5.74, 6) is -0.244. The quantitative estimate of drug-likeness (QED) is 0.332. The molecule has 0 aromatic heterocycles. The van der Waals surface area contributed by atoms with Crippen molar-refractivity contribution >= 4 is 5.78 Å². The fourth-order valence-corrected chi connectivity index (χ4v) is 2.90. The fourth-order valence-electron chi connectivity index (χ4n) is 2.90. The number of nitrogens with two attached hydrogens (primary N) is 1. The minimum Gasteiger partial charge on any atom is -0.404 e. The zero-order chi connectivity index (χ0) is 19.0. The van der Waals surface area contributed by atoms with Gasteiger partial charge in [-0.15, -0.1) is 6.58 Å². The Labute approximate surface area is 151 Å². The Kier molecular flexibility index (Phi) is 7.66. The Morgan fingerprint density at radius 3 is 2.40 bits per heavy atom. The highest BCUT2D eigenvalue weighted by atomic mass is 16.5. The van der Waals surface area contributed by atoms with Gasteiger partial charge in [-0.2, -0.15) is 5.26 Å². The molecule has 0 unspecified atom stereocenters. The lowest BCUT2D eigenvalue weighted by atomic mass is 9.90. The second kappa shape index (κ2) is 9.24. The van der Waals surface area contributed by atoms with E-state index < -0.39 is 0 Å². The predicted molar refractivity (Wildman–Crippen MR) is 100 cm³/mol. The molecule has 0 radical (unpaired) electrons. The molecule has 0 amide bonds. The van der Waals surface area contributed by atoms with Crippen molar-refractivity contribution in [2.45, 2.75) is 45.6 Å². The number of nitrogens with zero attached hydrogens (tertiary/aromatic N) is 2. The highest BCUT2D eigenvalue weighted by Gasteiger charge is 2.33. The van der Waals surface area contributed by atoms with Crippen LogP contribution < -0.4 is 5.73 Å². The maximum atomic E-state index is 12.1. The number of likely N-dealkylation sites (tertiary alicyclic amines) is 1. The molecule has 1 aliphatic heterocycles. The van der Waals surface area contributed by atoms with E-state index in [1.54, 1.807) is 13.2 Å². The number of hydrogen-bond acceptors (Lipinski definition) is 5. The van der Waals surface area contributed by atoms with Gasteiger partial charge in [0.2, 0.25) is 0 Å². The third-order valence-electron chi connectivity index (χ3n) is 4.75. The van der Waals surface area contributed by atoms with E-state index >= 15 is 0 Å². The first-order valence-electron chi connectivity index (χ1n) is 8.49. The van der Waals surface area contributed by atoms with Crippen molar-refractivity contribution in [3.8, 4) is 6.07 Å². The predicted octanol–water partition coefficient (Wildman–Crippen LogP) is 3.22. The van der Waals surface area contributed by atoms with Gasteiger partial charge in [0, 0.05) is 20.2 Å². The minimum atomic E-state index is -0.244. The van der Waals surface area contributed by atoms with E-state index in [1.807, 2.05) is 13.0 Å². The van der Waals surface area contributed by atoms with E-state index in [0.717, 1.165) is 24.0 Å². The summed E-state index contributed by atoms with van der Waals surface area (Å²) >= 11 is 0. The van der Waals surface area contributed by atoms with E-state index in [-0.39, 0.29) is 17.0 Å². The van der Waals surface area contributed by atoms with Crippen LogP contribution in [0.1, 0.15) is 40.0 Å². The number of carbonyl (C=O) groups is 1. The molecule has 0 atom stereocenters. The van der Waals surface area contributed by atoms with E-state index in [2.05, 4.69) is 24.5 Å². The average Bonchev–Trinajstić information content (AvgIpc) is 2.61. The number of rotatable bonds is 7. The Balaban J connectivity index is 3.44. The lowest BCUT2D eigenvalue weighted by Crippen LogP contribution is -2.44. The van der Waals surface area contributed by atoms with E-state index in [4.69, 9.17) is 10.5 Å². The van der Waals surface area contributed by atoms with Crippen LogP contribution in [0, 0.1) is 11.3 Å². The van der Waals surface area contributed by atoms with Crippen LogP contribution in [0.25, 0.3) is 0 Å². The molecule has 1 saturated heterocycles. The zero-order valence-electron chi connectivity index (χ0n) is 15.8. The molecule has 5 heteroatoms. The lowest BCUT2D eigenvalue weighted by molar-refractivity contribution is -0.113. The van der Waals surface area contributed by atoms with Crippen molar-refractivity contribution in [3.63, 3.8) is 0 Å². The molecular weight excluding hydrogens is 314 g/mol. The van der Waals surface area contributed by atoms with Crippen molar-refractivity contribution in [1.82, 2.24) is 4.90 Å². The SMILES string of the molecule is C=CC/C=C(C(\C)=C/N)/C(=C(/C#N)C(C)=O)N1CCC(C)(OC)CC1. The van der Waals surface area contributed by atoms with Gasteiger partial charge < -0.3 is 15.4 Å². The van der Waals surface area contributed by atoms with E-state index in [1.165, 1.54) is 13.1 Å². The van der Waals surface area contributed by atoms with Crippen molar-refractivity contribution in [1.29, 1.82) is 5.26 Å². The van der Waals surface area contributed by atoms with Gasteiger partial charge in [0.1, 0.15) is 11.6 Å². The van der Waals surface area contributed by atoms with Crippen LogP contribution in [0.5, 0.6) is 0 Å². The molecule has 2 N–H and O–H groups in total. The highest BCUT2D eigenvalue weighted by molar-refractivity contribution is 5.98. The van der Waals surface area contributed by atoms with E-state index in [0.29, 0.717) is 25.2 Å². The molecule has 1 rings (SSSR count). The largest absolute Gasteiger partial charge is 0.404 e. The molecule has 5 nitrogen and oxygen atoms in total. The summed E-state index contributed by atoms with van der Waals surface area (Å²) in [6.07, 6.45) is 7.52. The van der Waals surface area contributed by atoms with E-state index in [9.17, 15) is 10.1 Å². The summed E-state index contributed by atoms with van der Waals surface area (Å²) < 4.78 is 5.60. The number of ketones is 1. The Morgan fingerprint density at radius 2 is 2.00 bits per heavy atom. The third kappa shape index (κ3) is 5.07. The molecule has 0 spiro atoms. The topological polar surface area (TPSA) is 79.3 Å². The second-order valence-electron chi connectivity index (χ2n) is 6.52. The summed E-state index contributed by atoms with van der Waals surface area (Å²) in [6.45, 7) is 10.6. The summed E-state index contributed by atoms with van der Waals surface area (Å²) in [6, 6.07) is 2.09. The maximum Gasteiger partial charge on any atom is 0.172 e. The van der Waals surface area contributed by atoms with Crippen LogP contribution in [-0.4, -0.2) is 36.5 Å². The smallest absolute Gasteiger partial charge is 0.172 e. The first kappa shape index (κ1) is 20.7. The zero-order valence-corrected chi connectivity index (χ0v) is 15.8. The summed E-state index contributed by atoms with van der Waals surface area (Å²) in [5.41, 5.74) is 8.03. The van der Waals surface area contributed by atoms with Crippen LogP contribution in [0.4, 0.5) is 0 Å². The van der Waals surface area contributed by atoms with Crippen molar-refractivity contribution < 1.29 is 9.53 Å². The van der Waals surface area contributed by atoms with Gasteiger partial charge in [0.05, 0.1) is 11.3 Å². The monoisotopic (exact) mass is 343 g/mol. The second-order valence-corrected chi connectivity index (χ2v) is 6.52. The molecule has 0 aromatic carbocycles. The van der Waals surface area contributed by atoms with Gasteiger partial charge >= 0.3 is 0 Å². The van der Waals surface area contributed by atoms with Crippen LogP contribution in [-0.2, 0) is 9.53 Å². The van der Waals surface area contributed by atoms with Gasteiger partial charge in [-0.05, 0) is 57.4 Å². The number of hydrogen-bond donors (Lipinski definition) is 1. The van der Waals surface area contributed by atoms with Gasteiger partial charge in [-0.1, -0.05) is 12.2 Å². The first-order chi connectivity index (χ1) is 11.8. The van der Waals surface area contributed by atoms with Crippen LogP contribution in [0.15, 0.2) is 47.3 Å². The Bertz CT molecular complexity index is 642. The van der Waals surface area contributed by atoms with Crippen molar-refractivity contribution in [2.24, 2.45) is 5.73 Å². The molecule has 0 aromatic rings. The normalized spacial score (nSPS) is 19.1. The van der Waals surface area contributed by atoms with Gasteiger partial charge in [-0.3, -0.25) is 4.79 Å². The number of Topliss-reactive ketones (excluding diaryl/α,β-unsaturated/α-hetero) is 1. The molecule has 0 bridgehead atoms. The van der Waals surface area contributed by atoms with Gasteiger partial charge in [0.15, 0.2) is 5.78 Å². The molecule has 0 saturated carbocycles. The standard InChI is InChI=1S/C20H29N3O2/c1-6-7-8-17(15(2)13-21)19(18(14-22)16(3)24)23-11-9-20(4,25-5)10-12-23/h6,8,13H,1,7,9-12,21H2,2-5H3/b15-13-,17-8+,19-18+. The number of piperidine rings is 1. The molecule has 25 heavy (non-hydrogen) atoms. The van der Waals surface area contributed by atoms with Crippen LogP contribution >= 0.6 is 0 Å². The van der Waals surface area contributed by atoms with Crippen molar-refractivity contribution in [2.75, 3.05) is 20.2 Å². The molecule has 136 valence electrons. The fraction of sp³-hybridized carbons (Fsp3) is 0.500. The third-order valence-corrected chi connectivity index (χ3v) is 4.75. The molecule has 1 fully saturated rings. The molecular formula is C20H29N3O2. The Hall–Kier alpha value is -2.32.